The molecule has 1 saturated heterocycles. The van der Waals surface area contributed by atoms with Gasteiger partial charge >= 0.3 is 17.9 Å². The lowest BCUT2D eigenvalue weighted by molar-refractivity contribution is -0.239. The highest BCUT2D eigenvalue weighted by atomic mass is 32.1. The van der Waals surface area contributed by atoms with E-state index in [9.17, 15) is 19.2 Å². The number of ether oxygens (including phenoxy) is 4. The molecule has 3 rings (SSSR count). The molecule has 1 fully saturated rings. The molecule has 1 aliphatic heterocycles. The van der Waals surface area contributed by atoms with Crippen molar-refractivity contribution in [1.29, 1.82) is 0 Å². The van der Waals surface area contributed by atoms with Crippen molar-refractivity contribution in [2.45, 2.75) is 91.5 Å². The maximum atomic E-state index is 12.4. The molecule has 1 unspecified atom stereocenters. The van der Waals surface area contributed by atoms with Gasteiger partial charge in [0.15, 0.2) is 24.3 Å². The van der Waals surface area contributed by atoms with Crippen LogP contribution in [-0.4, -0.2) is 69.1 Å². The number of esters is 3. The van der Waals surface area contributed by atoms with Crippen LogP contribution in [-0.2, 0) is 38.1 Å². The number of aromatic nitrogens is 3. The monoisotopic (exact) mass is 576 g/mol. The van der Waals surface area contributed by atoms with Gasteiger partial charge in [0.1, 0.15) is 18.8 Å². The van der Waals surface area contributed by atoms with Crippen LogP contribution in [0.1, 0.15) is 65.8 Å². The molecule has 2 heterocycles. The van der Waals surface area contributed by atoms with Crippen molar-refractivity contribution in [1.82, 2.24) is 19.7 Å². The van der Waals surface area contributed by atoms with E-state index in [1.165, 1.54) is 32.4 Å². The second-order valence-electron chi connectivity index (χ2n) is 9.79. The molecule has 1 aromatic heterocycles. The van der Waals surface area contributed by atoms with Crippen LogP contribution in [0.25, 0.3) is 11.4 Å². The largest absolute Gasteiger partial charge is 0.463 e. The Morgan fingerprint density at radius 2 is 1.62 bits per heavy atom. The first-order chi connectivity index (χ1) is 18.8. The zero-order valence-corrected chi connectivity index (χ0v) is 24.5. The highest BCUT2D eigenvalue weighted by Gasteiger charge is 2.52. The number of hydrogen-bond acceptors (Lipinski definition) is 10. The van der Waals surface area contributed by atoms with E-state index in [2.05, 4.69) is 5.32 Å². The summed E-state index contributed by atoms with van der Waals surface area (Å²) in [6, 6.07) is 6.68. The Labute approximate surface area is 237 Å². The quantitative estimate of drug-likeness (QED) is 0.269. The minimum atomic E-state index is -1.22. The third kappa shape index (κ3) is 7.13. The van der Waals surface area contributed by atoms with Crippen LogP contribution in [0.5, 0.6) is 0 Å². The Bertz CT molecular complexity index is 1300. The predicted octanol–water partition coefficient (Wildman–Crippen LogP) is 3.19. The number of aryl methyl sites for hydroxylation is 1. The lowest BCUT2D eigenvalue weighted by Crippen LogP contribution is -2.64. The molecule has 0 spiro atoms. The van der Waals surface area contributed by atoms with Gasteiger partial charge in [-0.1, -0.05) is 36.8 Å². The maximum absolute atomic E-state index is 12.4. The smallest absolute Gasteiger partial charge is 0.303 e. The topological polar surface area (TPSA) is 140 Å². The normalized spacial score (nSPS) is 23.1. The molecule has 0 bridgehead atoms. The van der Waals surface area contributed by atoms with Gasteiger partial charge in [-0.25, -0.2) is 4.68 Å². The molecule has 40 heavy (non-hydrogen) atoms. The molecule has 0 radical (unpaired) electrons. The van der Waals surface area contributed by atoms with Crippen molar-refractivity contribution in [3.05, 3.63) is 34.6 Å². The van der Waals surface area contributed by atoms with Gasteiger partial charge in [0.25, 0.3) is 0 Å². The fourth-order valence-corrected chi connectivity index (χ4v) is 4.97. The van der Waals surface area contributed by atoms with Gasteiger partial charge < -0.3 is 24.3 Å². The van der Waals surface area contributed by atoms with Gasteiger partial charge in [0, 0.05) is 39.3 Å². The molecule has 12 nitrogen and oxygen atoms in total. The Balaban J connectivity index is 2.24. The summed E-state index contributed by atoms with van der Waals surface area (Å²) in [7, 11) is 0. The number of carbonyl (C=O) groups is 4. The van der Waals surface area contributed by atoms with E-state index in [-0.39, 0.29) is 12.6 Å². The van der Waals surface area contributed by atoms with E-state index in [0.717, 1.165) is 17.5 Å². The molecule has 1 amide bonds. The first-order valence-electron chi connectivity index (χ1n) is 13.0. The summed E-state index contributed by atoms with van der Waals surface area (Å²) >= 11 is 5.89. The minimum Gasteiger partial charge on any atom is -0.463 e. The van der Waals surface area contributed by atoms with Crippen molar-refractivity contribution in [3.63, 3.8) is 0 Å². The van der Waals surface area contributed by atoms with Crippen LogP contribution < -0.4 is 5.32 Å². The lowest BCUT2D eigenvalue weighted by Gasteiger charge is -2.45. The van der Waals surface area contributed by atoms with E-state index in [0.29, 0.717) is 10.6 Å². The van der Waals surface area contributed by atoms with Crippen LogP contribution in [0, 0.1) is 11.7 Å². The highest BCUT2D eigenvalue weighted by molar-refractivity contribution is 7.71. The van der Waals surface area contributed by atoms with Crippen molar-refractivity contribution in [3.8, 4) is 11.4 Å². The van der Waals surface area contributed by atoms with Crippen LogP contribution >= 0.6 is 12.2 Å². The van der Waals surface area contributed by atoms with Crippen molar-refractivity contribution in [2.75, 3.05) is 6.61 Å². The van der Waals surface area contributed by atoms with Crippen LogP contribution in [0.2, 0.25) is 0 Å². The zero-order chi connectivity index (χ0) is 29.7. The molecule has 0 saturated carbocycles. The first kappa shape index (κ1) is 31.0. The number of benzene rings is 1. The van der Waals surface area contributed by atoms with Gasteiger partial charge in [-0.15, -0.1) is 5.10 Å². The molecule has 1 N–H and O–H groups in total. The summed E-state index contributed by atoms with van der Waals surface area (Å²) in [5.74, 6) is -1.83. The van der Waals surface area contributed by atoms with Gasteiger partial charge in [-0.05, 0) is 32.5 Å². The highest BCUT2D eigenvalue weighted by Crippen LogP contribution is 2.35. The van der Waals surface area contributed by atoms with E-state index < -0.39 is 54.4 Å². The van der Waals surface area contributed by atoms with Gasteiger partial charge in [-0.3, -0.25) is 23.7 Å². The molecule has 13 heteroatoms. The average Bonchev–Trinajstić information content (AvgIpc) is 3.21. The van der Waals surface area contributed by atoms with Crippen LogP contribution in [0.15, 0.2) is 24.3 Å². The fourth-order valence-electron chi connectivity index (χ4n) is 4.56. The summed E-state index contributed by atoms with van der Waals surface area (Å²) in [5, 5.41) is 7.60. The number of carbonyl (C=O) groups excluding carboxylic acids is 4. The second kappa shape index (κ2) is 13.2. The third-order valence-corrected chi connectivity index (χ3v) is 6.89. The van der Waals surface area contributed by atoms with Crippen molar-refractivity contribution >= 4 is 36.0 Å². The third-order valence-electron chi connectivity index (χ3n) is 6.51. The van der Waals surface area contributed by atoms with E-state index in [1.54, 1.807) is 0 Å². The number of hydrogen-bond donors (Lipinski definition) is 1. The van der Waals surface area contributed by atoms with Gasteiger partial charge in [0.05, 0.1) is 0 Å². The standard InChI is InChI=1S/C27H36N4O8S/c1-8-15(3)30-25(20-11-9-14(2)10-12-20)29-31(27(30)40)26-22(28-16(4)32)24(38-19(7)35)23(37-18(6)34)21(39-26)13-36-17(5)33/h9-12,15,21-24,26H,8,13H2,1-7H3,(H,28,32)/t15?,21-,22-,23-,24-,26-/m1/s1. The molecular formula is C27H36N4O8S. The molecular weight excluding hydrogens is 540 g/mol. The van der Waals surface area contributed by atoms with Gasteiger partial charge in [0.2, 0.25) is 10.7 Å². The Morgan fingerprint density at radius 1 is 1.02 bits per heavy atom. The van der Waals surface area contributed by atoms with Crippen molar-refractivity contribution < 1.29 is 38.1 Å². The molecule has 6 atom stereocenters. The van der Waals surface area contributed by atoms with E-state index in [4.69, 9.17) is 36.3 Å². The summed E-state index contributed by atoms with van der Waals surface area (Å²) in [6.45, 7) is 10.6. The number of nitrogens with zero attached hydrogens (tertiary/aromatic N) is 3. The molecule has 2 aromatic rings. The summed E-state index contributed by atoms with van der Waals surface area (Å²) in [4.78, 5) is 48.3. The number of rotatable bonds is 9. The maximum Gasteiger partial charge on any atom is 0.303 e. The Hall–Kier alpha value is -3.58. The zero-order valence-electron chi connectivity index (χ0n) is 23.7. The summed E-state index contributed by atoms with van der Waals surface area (Å²) < 4.78 is 26.3. The molecule has 1 aromatic carbocycles. The predicted molar refractivity (Wildman–Crippen MR) is 145 cm³/mol. The second-order valence-corrected chi connectivity index (χ2v) is 10.2. The SMILES string of the molecule is CCC(C)n1c(-c2ccc(C)cc2)nn([C@@H]2O[C@H](COC(C)=O)[C@@H](OC(C)=O)[C@H](OC(C)=O)[C@H]2NC(C)=O)c1=S. The summed E-state index contributed by atoms with van der Waals surface area (Å²) in [5.41, 5.74) is 1.89. The van der Waals surface area contributed by atoms with Crippen LogP contribution in [0.4, 0.5) is 0 Å². The van der Waals surface area contributed by atoms with Crippen molar-refractivity contribution in [2.24, 2.45) is 0 Å². The fraction of sp³-hybridized carbons (Fsp3) is 0.556. The minimum absolute atomic E-state index is 0.0461. The van der Waals surface area contributed by atoms with Gasteiger partial charge in [-0.2, -0.15) is 0 Å². The number of amides is 1. The lowest BCUT2D eigenvalue weighted by atomic mass is 9.95. The van der Waals surface area contributed by atoms with Crippen LogP contribution in [0.3, 0.4) is 0 Å². The molecule has 218 valence electrons. The molecule has 1 aliphatic rings. The Morgan fingerprint density at radius 3 is 2.15 bits per heavy atom. The molecule has 0 aliphatic carbocycles. The van der Waals surface area contributed by atoms with E-state index in [1.807, 2.05) is 49.6 Å². The first-order valence-corrected chi connectivity index (χ1v) is 13.4. The number of nitrogens with one attached hydrogen (secondary N) is 1. The van der Waals surface area contributed by atoms with E-state index >= 15 is 0 Å². The summed E-state index contributed by atoms with van der Waals surface area (Å²) in [6.07, 6.45) is -3.88. The Kier molecular flexibility index (Phi) is 10.2. The average molecular weight is 577 g/mol.